The molecule has 2 aliphatic rings. The Morgan fingerprint density at radius 3 is 2.29 bits per heavy atom. The number of hydrogen-bond donors (Lipinski definition) is 1. The van der Waals surface area contributed by atoms with E-state index in [2.05, 4.69) is 80.7 Å². The lowest BCUT2D eigenvalue weighted by molar-refractivity contribution is 0.0196. The average molecular weight is 566 g/mol. The topological polar surface area (TPSA) is 59.0 Å². The monoisotopic (exact) mass is 565 g/mol. The van der Waals surface area contributed by atoms with Crippen LogP contribution in [0.2, 0.25) is 18.6 Å². The van der Waals surface area contributed by atoms with Crippen LogP contribution in [0.4, 0.5) is 11.4 Å². The molecule has 4 aromatic rings. The smallest absolute Gasteiger partial charge is 0.263 e. The molecule has 1 saturated heterocycles. The fraction of sp³-hybridized carbons (Fsp3) is 0.343. The van der Waals surface area contributed by atoms with Crippen LogP contribution in [-0.4, -0.2) is 45.0 Å². The number of rotatable bonds is 9. The fourth-order valence-corrected chi connectivity index (χ4v) is 11.5. The van der Waals surface area contributed by atoms with Crippen molar-refractivity contribution in [2.45, 2.75) is 57.0 Å². The molecule has 1 amide bonds. The second-order valence-electron chi connectivity index (χ2n) is 12.1. The van der Waals surface area contributed by atoms with Crippen molar-refractivity contribution in [1.82, 2.24) is 0 Å². The van der Waals surface area contributed by atoms with Crippen molar-refractivity contribution in [2.24, 2.45) is 5.92 Å². The summed E-state index contributed by atoms with van der Waals surface area (Å²) in [6, 6.07) is 29.0. The maximum atomic E-state index is 13.3. The van der Waals surface area contributed by atoms with Crippen molar-refractivity contribution in [3.63, 3.8) is 0 Å². The summed E-state index contributed by atoms with van der Waals surface area (Å²) < 4.78 is 12.1. The van der Waals surface area contributed by atoms with E-state index in [-0.39, 0.29) is 24.7 Å². The summed E-state index contributed by atoms with van der Waals surface area (Å²) in [5.74, 6) is 1.30. The zero-order valence-corrected chi connectivity index (χ0v) is 25.3. The Morgan fingerprint density at radius 1 is 0.902 bits per heavy atom. The minimum atomic E-state index is -1.90. The minimum absolute atomic E-state index is 0.0299. The summed E-state index contributed by atoms with van der Waals surface area (Å²) in [6.07, 6.45) is 2.72. The Morgan fingerprint density at radius 2 is 1.61 bits per heavy atom. The van der Waals surface area contributed by atoms with E-state index in [0.717, 1.165) is 46.3 Å². The Hall–Kier alpha value is -3.45. The van der Waals surface area contributed by atoms with Gasteiger partial charge in [0, 0.05) is 17.7 Å². The summed E-state index contributed by atoms with van der Waals surface area (Å²) in [7, 11) is -0.201. The van der Waals surface area contributed by atoms with Crippen LogP contribution in [-0.2, 0) is 11.2 Å². The summed E-state index contributed by atoms with van der Waals surface area (Å²) in [5, 5.41) is 13.4. The summed E-state index contributed by atoms with van der Waals surface area (Å²) in [5.41, 5.74) is 4.27. The number of ether oxygens (including phenoxy) is 2. The lowest BCUT2D eigenvalue weighted by atomic mass is 9.95. The van der Waals surface area contributed by atoms with Gasteiger partial charge in [0.25, 0.3) is 5.91 Å². The van der Waals surface area contributed by atoms with Crippen molar-refractivity contribution in [2.75, 3.05) is 18.6 Å². The molecule has 6 rings (SSSR count). The van der Waals surface area contributed by atoms with Crippen LogP contribution in [0.25, 0.3) is 10.8 Å². The number of carbonyl (C=O) groups is 1. The number of methoxy groups -OCH3 is 1. The minimum Gasteiger partial charge on any atom is -0.497 e. The van der Waals surface area contributed by atoms with E-state index >= 15 is 0 Å². The first kappa shape index (κ1) is 27.7. The number of benzene rings is 4. The van der Waals surface area contributed by atoms with E-state index in [9.17, 15) is 9.90 Å². The molecule has 6 heteroatoms. The Balaban J connectivity index is 1.16. The lowest BCUT2D eigenvalue weighted by Gasteiger charge is -2.36. The van der Waals surface area contributed by atoms with Crippen molar-refractivity contribution in [3.05, 3.63) is 96.1 Å². The zero-order chi connectivity index (χ0) is 28.7. The molecule has 41 heavy (non-hydrogen) atoms. The van der Waals surface area contributed by atoms with Crippen LogP contribution in [0.15, 0.2) is 84.9 Å². The zero-order valence-electron chi connectivity index (χ0n) is 24.3. The molecule has 0 unspecified atom stereocenters. The molecule has 212 valence electrons. The van der Waals surface area contributed by atoms with E-state index in [4.69, 9.17) is 9.47 Å². The first-order chi connectivity index (χ1) is 19.8. The molecule has 2 aliphatic heterocycles. The van der Waals surface area contributed by atoms with E-state index in [1.54, 1.807) is 7.11 Å². The number of anilines is 2. The molecule has 0 aliphatic carbocycles. The van der Waals surface area contributed by atoms with Crippen LogP contribution in [0.1, 0.15) is 35.7 Å². The molecule has 1 N–H and O–H groups in total. The van der Waals surface area contributed by atoms with E-state index in [1.807, 2.05) is 29.2 Å². The predicted molar refractivity (Wildman–Crippen MR) is 169 cm³/mol. The Labute approximate surface area is 243 Å². The second kappa shape index (κ2) is 11.1. The number of carbonyl (C=O) groups excluding carboxylic acids is 1. The van der Waals surface area contributed by atoms with Crippen LogP contribution in [0, 0.1) is 5.92 Å². The molecule has 0 saturated carbocycles. The van der Waals surface area contributed by atoms with Crippen molar-refractivity contribution in [1.29, 1.82) is 0 Å². The molecule has 1 fully saturated rings. The summed E-state index contributed by atoms with van der Waals surface area (Å²) in [6.45, 7) is 7.35. The van der Waals surface area contributed by atoms with Gasteiger partial charge in [0.1, 0.15) is 5.75 Å². The maximum Gasteiger partial charge on any atom is 0.263 e. The van der Waals surface area contributed by atoms with Crippen molar-refractivity contribution < 1.29 is 19.4 Å². The van der Waals surface area contributed by atoms with Crippen molar-refractivity contribution >= 4 is 41.3 Å². The van der Waals surface area contributed by atoms with Crippen LogP contribution < -0.4 is 14.8 Å². The number of nitrogens with zero attached hydrogens (tertiary/aromatic N) is 1. The maximum absolute atomic E-state index is 13.3. The van der Waals surface area contributed by atoms with Crippen LogP contribution >= 0.6 is 0 Å². The number of aliphatic hydroxyl groups is 1. The van der Waals surface area contributed by atoms with Gasteiger partial charge in [-0.25, -0.2) is 0 Å². The molecule has 0 spiro atoms. The molecular weight excluding hydrogens is 526 g/mol. The van der Waals surface area contributed by atoms with Crippen LogP contribution in [0.5, 0.6) is 5.75 Å². The first-order valence-corrected chi connectivity index (χ1v) is 17.8. The molecule has 0 radical (unpaired) electrons. The van der Waals surface area contributed by atoms with Gasteiger partial charge in [-0.1, -0.05) is 73.7 Å². The lowest BCUT2D eigenvalue weighted by Crippen LogP contribution is -2.50. The molecule has 0 aromatic heterocycles. The van der Waals surface area contributed by atoms with Crippen molar-refractivity contribution in [3.8, 4) is 5.75 Å². The number of aryl methyl sites for hydroxylation is 1. The highest BCUT2D eigenvalue weighted by atomic mass is 28.3. The normalized spacial score (nSPS) is 22.1. The largest absolute Gasteiger partial charge is 0.497 e. The second-order valence-corrected chi connectivity index (χ2v) is 16.8. The SMILES string of the molecule is COc1ccc([Si](C)(C)[C@H]2[C@H](C)[C@H](CCc3ccc(N4C(=O)c5cccc6cccc4c56)cc3)O[C@@H]2CCO)cc1. The van der Waals surface area contributed by atoms with E-state index in [1.165, 1.54) is 10.8 Å². The number of aliphatic hydroxyl groups excluding tert-OH is 1. The van der Waals surface area contributed by atoms with E-state index < -0.39 is 8.07 Å². The molecule has 2 heterocycles. The van der Waals surface area contributed by atoms with Gasteiger partial charge in [-0.3, -0.25) is 9.69 Å². The molecule has 0 bridgehead atoms. The third kappa shape index (κ3) is 4.88. The van der Waals surface area contributed by atoms with Gasteiger partial charge < -0.3 is 14.6 Å². The first-order valence-electron chi connectivity index (χ1n) is 14.7. The van der Waals surface area contributed by atoms with Crippen LogP contribution in [0.3, 0.4) is 0 Å². The summed E-state index contributed by atoms with van der Waals surface area (Å²) in [4.78, 5) is 15.2. The summed E-state index contributed by atoms with van der Waals surface area (Å²) >= 11 is 0. The third-order valence-electron chi connectivity index (χ3n) is 9.45. The average Bonchev–Trinajstić information content (AvgIpc) is 3.47. The van der Waals surface area contributed by atoms with Gasteiger partial charge in [-0.15, -0.1) is 0 Å². The van der Waals surface area contributed by atoms with Gasteiger partial charge in [-0.05, 0) is 78.1 Å². The van der Waals surface area contributed by atoms with Gasteiger partial charge in [0.05, 0.1) is 38.6 Å². The van der Waals surface area contributed by atoms with Gasteiger partial charge in [-0.2, -0.15) is 0 Å². The molecular formula is C35H39NO4Si. The quantitative estimate of drug-likeness (QED) is 0.226. The van der Waals surface area contributed by atoms with Gasteiger partial charge >= 0.3 is 0 Å². The van der Waals surface area contributed by atoms with E-state index in [0.29, 0.717) is 17.9 Å². The predicted octanol–water partition coefficient (Wildman–Crippen LogP) is 6.84. The highest BCUT2D eigenvalue weighted by Gasteiger charge is 2.50. The fourth-order valence-electron chi connectivity index (χ4n) is 7.34. The Bertz CT molecular complexity index is 1540. The number of amides is 1. The Kier molecular flexibility index (Phi) is 7.49. The van der Waals surface area contributed by atoms with Gasteiger partial charge in [0.2, 0.25) is 0 Å². The standard InChI is InChI=1S/C35H39NO4Si/c1-23-31(40-32(21-22-37)34(23)41(3,4)28-18-16-27(39-2)17-19-28)20-13-24-11-14-26(15-12-24)36-30-10-6-8-25-7-5-9-29(33(25)30)35(36)38/h5-12,14-19,23,31-32,34,37H,13,20-22H2,1-4H3/t23-,31+,32-,34+/m1/s1. The highest BCUT2D eigenvalue weighted by molar-refractivity contribution is 6.91. The molecule has 4 aromatic carbocycles. The number of hydrogen-bond acceptors (Lipinski definition) is 4. The molecule has 4 atom stereocenters. The third-order valence-corrected chi connectivity index (χ3v) is 13.8. The highest BCUT2D eigenvalue weighted by Crippen LogP contribution is 2.46. The van der Waals surface area contributed by atoms with Gasteiger partial charge in [0.15, 0.2) is 0 Å². The molecule has 5 nitrogen and oxygen atoms in total.